The molecule has 49 heavy (non-hydrogen) atoms. The molecule has 0 N–H and O–H groups in total. The molecule has 0 amide bonds. The van der Waals surface area contributed by atoms with Gasteiger partial charge in [0.15, 0.2) is 0 Å². The van der Waals surface area contributed by atoms with E-state index in [-0.39, 0.29) is 0 Å². The van der Waals surface area contributed by atoms with Crippen molar-refractivity contribution in [1.82, 2.24) is 4.57 Å². The fourth-order valence-corrected chi connectivity index (χ4v) is 8.69. The van der Waals surface area contributed by atoms with Crippen LogP contribution in [0.5, 0.6) is 0 Å². The normalized spacial score (nSPS) is 16.0. The average molecular weight is 623 g/mol. The topological polar surface area (TPSA) is 17.3 Å². The minimum atomic E-state index is 0.290. The zero-order valence-corrected chi connectivity index (χ0v) is 26.8. The maximum absolute atomic E-state index is 5.56. The quantitative estimate of drug-likeness (QED) is 0.187. The van der Waals surface area contributed by atoms with Crippen molar-refractivity contribution in [3.8, 4) is 11.1 Å². The summed E-state index contributed by atoms with van der Waals surface area (Å²) in [6.45, 7) is 0. The van der Waals surface area contributed by atoms with Gasteiger partial charge in [0.2, 0.25) is 0 Å². The van der Waals surface area contributed by atoms with Crippen LogP contribution < -0.4 is 10.6 Å². The first-order chi connectivity index (χ1) is 24.3. The molecule has 2 heterocycles. The molecule has 2 nitrogen and oxygen atoms in total. The number of hydrogen-bond donors (Lipinski definition) is 0. The van der Waals surface area contributed by atoms with E-state index in [2.05, 4.69) is 168 Å². The fourth-order valence-electron chi connectivity index (χ4n) is 8.69. The largest absolute Gasteiger partial charge is 0.293 e. The predicted octanol–water partition coefficient (Wildman–Crippen LogP) is 10.4. The second-order valence-electron chi connectivity index (χ2n) is 13.4. The van der Waals surface area contributed by atoms with Crippen molar-refractivity contribution in [2.45, 2.75) is 12.3 Å². The lowest BCUT2D eigenvalue weighted by molar-refractivity contribution is 1.13. The van der Waals surface area contributed by atoms with Crippen molar-refractivity contribution >= 4 is 55.1 Å². The molecular formula is C47H30N2. The molecule has 2 aliphatic carbocycles. The zero-order valence-electron chi connectivity index (χ0n) is 26.8. The first-order valence-corrected chi connectivity index (χ1v) is 17.2. The summed E-state index contributed by atoms with van der Waals surface area (Å²) >= 11 is 0. The zero-order chi connectivity index (χ0) is 32.1. The highest BCUT2D eigenvalue weighted by Gasteiger charge is 2.46. The van der Waals surface area contributed by atoms with E-state index in [4.69, 9.17) is 4.99 Å². The molecule has 1 unspecified atom stereocenters. The van der Waals surface area contributed by atoms with Gasteiger partial charge in [-0.25, -0.2) is 4.99 Å². The Morgan fingerprint density at radius 1 is 0.510 bits per heavy atom. The van der Waals surface area contributed by atoms with Gasteiger partial charge in [-0.05, 0) is 68.5 Å². The maximum atomic E-state index is 5.56. The standard InChI is InChI=1S/C47H30N2/c1-3-13-29(14-4-1)32-27-28-41(48-40-22-12-11-20-35(32)40)49-46-33-18-8-7-15-30(33)23-24-38(46)39-26-25-37-34-19-9-10-21-36(34)43-42(31-16-5-2-6-17-31)45(43)44(37)47(39)49/h1-26,28,43H,27H2. The highest BCUT2D eigenvalue weighted by atomic mass is 15.1. The lowest BCUT2D eigenvalue weighted by Gasteiger charge is -2.21. The molecule has 2 heteroatoms. The summed E-state index contributed by atoms with van der Waals surface area (Å²) in [5.41, 5.74) is 14.6. The summed E-state index contributed by atoms with van der Waals surface area (Å²) in [5, 5.41) is 7.20. The van der Waals surface area contributed by atoms with Crippen molar-refractivity contribution < 1.29 is 0 Å². The molecule has 3 aliphatic rings. The Balaban J connectivity index is 1.29. The Labute approximate surface area is 283 Å². The van der Waals surface area contributed by atoms with Gasteiger partial charge in [0.1, 0.15) is 5.82 Å². The second kappa shape index (κ2) is 10.1. The molecule has 0 saturated carbocycles. The van der Waals surface area contributed by atoms with Crippen LogP contribution in [-0.2, 0) is 0 Å². The Morgan fingerprint density at radius 2 is 1.20 bits per heavy atom. The molecule has 0 radical (unpaired) electrons. The van der Waals surface area contributed by atoms with E-state index < -0.39 is 0 Å². The van der Waals surface area contributed by atoms with Gasteiger partial charge in [0.05, 0.1) is 16.4 Å². The SMILES string of the molecule is C1=C(n2c3c4c(ccc3c3ccc5ccccc5c32)-c2ccccc2C2C(c3ccccc3)=C42)N=c2ccccc2=C(c2ccccc2)C1. The Hall–Kier alpha value is -6.25. The van der Waals surface area contributed by atoms with Crippen LogP contribution in [0.2, 0.25) is 0 Å². The lowest BCUT2D eigenvalue weighted by atomic mass is 9.83. The molecule has 0 spiro atoms. The first-order valence-electron chi connectivity index (χ1n) is 17.2. The number of benzene rings is 7. The van der Waals surface area contributed by atoms with Gasteiger partial charge < -0.3 is 0 Å². The minimum absolute atomic E-state index is 0.290. The molecule has 11 rings (SSSR count). The van der Waals surface area contributed by atoms with Crippen LogP contribution in [0.3, 0.4) is 0 Å². The van der Waals surface area contributed by atoms with Crippen LogP contribution in [0.25, 0.3) is 66.2 Å². The molecule has 0 saturated heterocycles. The van der Waals surface area contributed by atoms with Gasteiger partial charge in [0, 0.05) is 32.9 Å². The smallest absolute Gasteiger partial charge is 0.134 e. The molecule has 8 aromatic rings. The number of rotatable bonds is 3. The second-order valence-corrected chi connectivity index (χ2v) is 13.4. The highest BCUT2D eigenvalue weighted by molar-refractivity contribution is 6.28. The van der Waals surface area contributed by atoms with Gasteiger partial charge in [-0.15, -0.1) is 0 Å². The number of nitrogens with zero attached hydrogens (tertiary/aromatic N) is 2. The molecule has 0 bridgehead atoms. The van der Waals surface area contributed by atoms with Crippen LogP contribution >= 0.6 is 0 Å². The number of allylic oxidation sites excluding steroid dienone is 3. The molecule has 228 valence electrons. The summed E-state index contributed by atoms with van der Waals surface area (Å²) < 4.78 is 2.51. The average Bonchev–Trinajstić information content (AvgIpc) is 3.87. The summed E-state index contributed by atoms with van der Waals surface area (Å²) in [6.07, 6.45) is 3.14. The van der Waals surface area contributed by atoms with E-state index in [1.807, 2.05) is 0 Å². The van der Waals surface area contributed by atoms with E-state index >= 15 is 0 Å². The number of fused-ring (bicyclic) bond motifs is 13. The monoisotopic (exact) mass is 622 g/mol. The highest BCUT2D eigenvalue weighted by Crippen LogP contribution is 2.66. The van der Waals surface area contributed by atoms with Gasteiger partial charge in [-0.2, -0.15) is 0 Å². The molecular weight excluding hydrogens is 593 g/mol. The molecule has 1 aliphatic heterocycles. The van der Waals surface area contributed by atoms with Crippen molar-refractivity contribution in [2.75, 3.05) is 0 Å². The van der Waals surface area contributed by atoms with Gasteiger partial charge in [0.25, 0.3) is 0 Å². The van der Waals surface area contributed by atoms with Crippen molar-refractivity contribution in [2.24, 2.45) is 4.99 Å². The third kappa shape index (κ3) is 3.80. The van der Waals surface area contributed by atoms with Crippen molar-refractivity contribution in [1.29, 1.82) is 0 Å². The summed E-state index contributed by atoms with van der Waals surface area (Å²) in [4.78, 5) is 5.56. The summed E-state index contributed by atoms with van der Waals surface area (Å²) in [5.74, 6) is 1.26. The van der Waals surface area contributed by atoms with Crippen molar-refractivity contribution in [3.63, 3.8) is 0 Å². The van der Waals surface area contributed by atoms with Gasteiger partial charge in [-0.1, -0.05) is 152 Å². The van der Waals surface area contributed by atoms with Crippen LogP contribution in [0.4, 0.5) is 0 Å². The van der Waals surface area contributed by atoms with Gasteiger partial charge >= 0.3 is 0 Å². The molecule has 7 aromatic carbocycles. The summed E-state index contributed by atoms with van der Waals surface area (Å²) in [7, 11) is 0. The lowest BCUT2D eigenvalue weighted by Crippen LogP contribution is -2.26. The number of hydrogen-bond acceptors (Lipinski definition) is 1. The Kier molecular flexibility index (Phi) is 5.53. The van der Waals surface area contributed by atoms with E-state index in [1.165, 1.54) is 87.9 Å². The maximum Gasteiger partial charge on any atom is 0.134 e. The van der Waals surface area contributed by atoms with E-state index in [1.54, 1.807) is 0 Å². The van der Waals surface area contributed by atoms with E-state index in [0.717, 1.165) is 17.6 Å². The van der Waals surface area contributed by atoms with E-state index in [0.29, 0.717) is 5.92 Å². The number of para-hydroxylation sites is 1. The summed E-state index contributed by atoms with van der Waals surface area (Å²) in [6, 6.07) is 57.6. The van der Waals surface area contributed by atoms with Crippen LogP contribution in [-0.4, -0.2) is 4.57 Å². The van der Waals surface area contributed by atoms with Crippen LogP contribution in [0.15, 0.2) is 169 Å². The fraction of sp³-hybridized carbons (Fsp3) is 0.0426. The van der Waals surface area contributed by atoms with Gasteiger partial charge in [-0.3, -0.25) is 4.57 Å². The molecule has 0 fully saturated rings. The number of aromatic nitrogens is 1. The predicted molar refractivity (Wildman–Crippen MR) is 203 cm³/mol. The minimum Gasteiger partial charge on any atom is -0.293 e. The molecule has 1 aromatic heterocycles. The molecule has 1 atom stereocenters. The van der Waals surface area contributed by atoms with Crippen LogP contribution in [0, 0.1) is 0 Å². The third-order valence-corrected chi connectivity index (χ3v) is 10.8. The third-order valence-electron chi connectivity index (χ3n) is 10.8. The van der Waals surface area contributed by atoms with Crippen molar-refractivity contribution in [3.05, 3.63) is 197 Å². The Bertz CT molecular complexity index is 2890. The Morgan fingerprint density at radius 3 is 2.08 bits per heavy atom. The first kappa shape index (κ1) is 26.8. The van der Waals surface area contributed by atoms with Crippen LogP contribution in [0.1, 0.15) is 34.6 Å². The van der Waals surface area contributed by atoms with E-state index in [9.17, 15) is 0 Å².